The molecule has 2 aliphatic rings. The fourth-order valence-electron chi connectivity index (χ4n) is 3.67. The Balaban J connectivity index is 1.66. The topological polar surface area (TPSA) is 66.7 Å². The van der Waals surface area contributed by atoms with Crippen LogP contribution in [-0.4, -0.2) is 40.9 Å². The van der Waals surface area contributed by atoms with Crippen molar-refractivity contribution in [2.45, 2.75) is 51.6 Å². The van der Waals surface area contributed by atoms with E-state index in [0.29, 0.717) is 24.8 Å². The summed E-state index contributed by atoms with van der Waals surface area (Å²) in [5, 5.41) is 11.2. The lowest BCUT2D eigenvalue weighted by molar-refractivity contribution is -0.384. The maximum Gasteiger partial charge on any atom is 0.292 e. The number of carbonyl (C=O) groups excluding carboxylic acids is 1. The molecular formula is C18H25N3O3. The molecule has 1 amide bonds. The molecule has 1 aromatic carbocycles. The Hall–Kier alpha value is -2.11. The highest BCUT2D eigenvalue weighted by Gasteiger charge is 2.38. The van der Waals surface area contributed by atoms with E-state index in [-0.39, 0.29) is 28.5 Å². The number of hydrogen-bond acceptors (Lipinski definition) is 4. The van der Waals surface area contributed by atoms with Gasteiger partial charge >= 0.3 is 0 Å². The molecule has 130 valence electrons. The summed E-state index contributed by atoms with van der Waals surface area (Å²) in [7, 11) is 0. The van der Waals surface area contributed by atoms with Crippen LogP contribution in [0.25, 0.3) is 0 Å². The van der Waals surface area contributed by atoms with Gasteiger partial charge in [0.15, 0.2) is 0 Å². The Morgan fingerprint density at radius 2 is 1.83 bits per heavy atom. The normalized spacial score (nSPS) is 18.7. The molecule has 0 atom stereocenters. The van der Waals surface area contributed by atoms with Gasteiger partial charge < -0.3 is 9.80 Å². The van der Waals surface area contributed by atoms with E-state index in [1.54, 1.807) is 18.2 Å². The Bertz CT molecular complexity index is 618. The van der Waals surface area contributed by atoms with Crippen LogP contribution in [0.3, 0.4) is 0 Å². The second-order valence-electron chi connectivity index (χ2n) is 7.08. The minimum absolute atomic E-state index is 0.0482. The second-order valence-corrected chi connectivity index (χ2v) is 7.08. The van der Waals surface area contributed by atoms with Gasteiger partial charge in [0, 0.05) is 37.2 Å². The van der Waals surface area contributed by atoms with Crippen molar-refractivity contribution in [3.05, 3.63) is 34.4 Å². The Morgan fingerprint density at radius 1 is 1.21 bits per heavy atom. The largest absolute Gasteiger partial charge is 0.366 e. The van der Waals surface area contributed by atoms with E-state index in [2.05, 4.69) is 18.7 Å². The van der Waals surface area contributed by atoms with E-state index in [1.165, 1.54) is 0 Å². The molecule has 0 bridgehead atoms. The lowest BCUT2D eigenvalue weighted by Crippen LogP contribution is -2.46. The molecule has 1 aromatic rings. The number of amides is 1. The fraction of sp³-hybridized carbons (Fsp3) is 0.611. The number of anilines is 1. The molecule has 0 aromatic heterocycles. The summed E-state index contributed by atoms with van der Waals surface area (Å²) in [6.07, 6.45) is 3.78. The maximum absolute atomic E-state index is 12.8. The van der Waals surface area contributed by atoms with Crippen molar-refractivity contribution in [3.63, 3.8) is 0 Å². The first-order valence-electron chi connectivity index (χ1n) is 8.79. The molecule has 2 fully saturated rings. The molecule has 3 rings (SSSR count). The maximum atomic E-state index is 12.8. The van der Waals surface area contributed by atoms with Crippen molar-refractivity contribution >= 4 is 17.3 Å². The van der Waals surface area contributed by atoms with Crippen LogP contribution in [-0.2, 0) is 4.79 Å². The molecule has 1 saturated carbocycles. The number of nitro groups is 1. The molecule has 1 heterocycles. The number of nitro benzene ring substituents is 1. The number of carbonyl (C=O) groups is 1. The summed E-state index contributed by atoms with van der Waals surface area (Å²) in [5.41, 5.74) is 0.806. The van der Waals surface area contributed by atoms with Crippen LogP contribution in [0, 0.1) is 16.0 Å². The molecule has 1 saturated heterocycles. The number of hydrogen-bond donors (Lipinski definition) is 0. The van der Waals surface area contributed by atoms with Crippen molar-refractivity contribution in [1.29, 1.82) is 0 Å². The van der Waals surface area contributed by atoms with Crippen molar-refractivity contribution in [2.75, 3.05) is 18.0 Å². The quantitative estimate of drug-likeness (QED) is 0.614. The van der Waals surface area contributed by atoms with Gasteiger partial charge in [0.1, 0.15) is 5.69 Å². The van der Waals surface area contributed by atoms with Crippen LogP contribution in [0.1, 0.15) is 39.5 Å². The summed E-state index contributed by atoms with van der Waals surface area (Å²) in [5.74, 6) is 0.321. The molecule has 0 unspecified atom stereocenters. The van der Waals surface area contributed by atoms with Gasteiger partial charge in [-0.1, -0.05) is 12.1 Å². The minimum atomic E-state index is -0.333. The van der Waals surface area contributed by atoms with Crippen LogP contribution in [0.5, 0.6) is 0 Å². The number of nitrogens with zero attached hydrogens (tertiary/aromatic N) is 3. The molecule has 0 N–H and O–H groups in total. The van der Waals surface area contributed by atoms with E-state index in [1.807, 2.05) is 11.0 Å². The van der Waals surface area contributed by atoms with Gasteiger partial charge in [-0.05, 0) is 45.6 Å². The average molecular weight is 331 g/mol. The van der Waals surface area contributed by atoms with Gasteiger partial charge in [-0.15, -0.1) is 0 Å². The van der Waals surface area contributed by atoms with Gasteiger partial charge in [-0.3, -0.25) is 14.9 Å². The van der Waals surface area contributed by atoms with E-state index in [9.17, 15) is 14.9 Å². The summed E-state index contributed by atoms with van der Waals surface area (Å²) < 4.78 is 0. The van der Waals surface area contributed by atoms with Crippen LogP contribution >= 0.6 is 0 Å². The Morgan fingerprint density at radius 3 is 2.38 bits per heavy atom. The van der Waals surface area contributed by atoms with Gasteiger partial charge in [-0.2, -0.15) is 0 Å². The van der Waals surface area contributed by atoms with Crippen LogP contribution in [0.4, 0.5) is 11.4 Å². The fourth-order valence-corrected chi connectivity index (χ4v) is 3.67. The highest BCUT2D eigenvalue weighted by molar-refractivity contribution is 5.80. The van der Waals surface area contributed by atoms with Gasteiger partial charge in [-0.25, -0.2) is 0 Å². The van der Waals surface area contributed by atoms with Gasteiger partial charge in [0.2, 0.25) is 5.91 Å². The predicted molar refractivity (Wildman–Crippen MR) is 93.0 cm³/mol. The highest BCUT2D eigenvalue weighted by atomic mass is 16.6. The third kappa shape index (κ3) is 3.37. The smallest absolute Gasteiger partial charge is 0.292 e. The first-order chi connectivity index (χ1) is 11.5. The molecule has 1 aliphatic carbocycles. The zero-order valence-electron chi connectivity index (χ0n) is 14.4. The lowest BCUT2D eigenvalue weighted by Gasteiger charge is -2.36. The van der Waals surface area contributed by atoms with E-state index in [4.69, 9.17) is 0 Å². The first kappa shape index (κ1) is 16.7. The third-order valence-corrected chi connectivity index (χ3v) is 5.01. The summed E-state index contributed by atoms with van der Waals surface area (Å²) in [6.45, 7) is 5.55. The van der Waals surface area contributed by atoms with Crippen LogP contribution < -0.4 is 4.90 Å². The zero-order valence-corrected chi connectivity index (χ0v) is 14.4. The van der Waals surface area contributed by atoms with E-state index in [0.717, 1.165) is 25.7 Å². The molecule has 0 radical (unpaired) electrons. The number of benzene rings is 1. The Kier molecular flexibility index (Phi) is 4.73. The third-order valence-electron chi connectivity index (χ3n) is 5.01. The molecule has 6 heteroatoms. The van der Waals surface area contributed by atoms with Crippen LogP contribution in [0.15, 0.2) is 24.3 Å². The van der Waals surface area contributed by atoms with Gasteiger partial charge in [0.25, 0.3) is 5.69 Å². The standard InChI is InChI=1S/C18H25N3O3/c1-13(2)20(15-7-8-15)18(22)14-9-11-19(12-10-14)16-5-3-4-6-17(16)21(23)24/h3-6,13-15H,7-12H2,1-2H3. The minimum Gasteiger partial charge on any atom is -0.366 e. The highest BCUT2D eigenvalue weighted by Crippen LogP contribution is 2.34. The molecule has 1 aliphatic heterocycles. The zero-order chi connectivity index (χ0) is 17.3. The van der Waals surface area contributed by atoms with E-state index < -0.39 is 0 Å². The van der Waals surface area contributed by atoms with Crippen molar-refractivity contribution < 1.29 is 9.72 Å². The van der Waals surface area contributed by atoms with Crippen LogP contribution in [0.2, 0.25) is 0 Å². The van der Waals surface area contributed by atoms with Crippen molar-refractivity contribution in [2.24, 2.45) is 5.92 Å². The predicted octanol–water partition coefficient (Wildman–Crippen LogP) is 3.21. The second kappa shape index (κ2) is 6.79. The van der Waals surface area contributed by atoms with E-state index >= 15 is 0 Å². The molecule has 0 spiro atoms. The molecule has 24 heavy (non-hydrogen) atoms. The monoisotopic (exact) mass is 331 g/mol. The number of para-hydroxylation sites is 2. The number of rotatable bonds is 5. The van der Waals surface area contributed by atoms with Crippen molar-refractivity contribution in [1.82, 2.24) is 4.90 Å². The number of piperidine rings is 1. The average Bonchev–Trinajstić information content (AvgIpc) is 3.39. The molecule has 6 nitrogen and oxygen atoms in total. The summed E-state index contributed by atoms with van der Waals surface area (Å²) >= 11 is 0. The first-order valence-corrected chi connectivity index (χ1v) is 8.79. The van der Waals surface area contributed by atoms with Crippen molar-refractivity contribution in [3.8, 4) is 0 Å². The Labute approximate surface area is 142 Å². The van der Waals surface area contributed by atoms with Gasteiger partial charge in [0.05, 0.1) is 4.92 Å². The summed E-state index contributed by atoms with van der Waals surface area (Å²) in [6, 6.07) is 7.54. The SMILES string of the molecule is CC(C)N(C(=O)C1CCN(c2ccccc2[N+](=O)[O-])CC1)C1CC1. The lowest BCUT2D eigenvalue weighted by atomic mass is 9.94. The summed E-state index contributed by atoms with van der Waals surface area (Å²) in [4.78, 5) is 27.8. The molecular weight excluding hydrogens is 306 g/mol.